The molecule has 0 bridgehead atoms. The zero-order valence-corrected chi connectivity index (χ0v) is 27.4. The molecule has 0 saturated carbocycles. The number of likely N-dealkylation sites (N-methyl/N-ethyl adjacent to an activating group) is 1. The Bertz CT molecular complexity index is 1410. The smallest absolute Gasteiger partial charge is 0.323 e. The van der Waals surface area contributed by atoms with Crippen molar-refractivity contribution in [2.45, 2.75) is 71.6 Å². The summed E-state index contributed by atoms with van der Waals surface area (Å²) in [6, 6.07) is 17.9. The van der Waals surface area contributed by atoms with E-state index in [1.54, 1.807) is 23.1 Å². The van der Waals surface area contributed by atoms with Crippen LogP contribution in [0.25, 0.3) is 10.8 Å². The van der Waals surface area contributed by atoms with Gasteiger partial charge in [-0.05, 0) is 82.8 Å². The molecular formula is C36H50N4O5. The van der Waals surface area contributed by atoms with Crippen LogP contribution < -0.4 is 15.4 Å². The molecule has 1 aliphatic heterocycles. The Hall–Kier alpha value is -3.66. The van der Waals surface area contributed by atoms with Crippen LogP contribution in [0.2, 0.25) is 0 Å². The number of nitrogens with zero attached hydrogens (tertiary/aromatic N) is 2. The molecule has 0 fully saturated rings. The van der Waals surface area contributed by atoms with E-state index in [-0.39, 0.29) is 30.6 Å². The van der Waals surface area contributed by atoms with Crippen molar-refractivity contribution in [2.75, 3.05) is 50.5 Å². The Kier molecular flexibility index (Phi) is 12.6. The van der Waals surface area contributed by atoms with Crippen LogP contribution in [0.4, 0.5) is 16.2 Å². The summed E-state index contributed by atoms with van der Waals surface area (Å²) in [4.78, 5) is 31.4. The van der Waals surface area contributed by atoms with Gasteiger partial charge in [0.2, 0.25) is 0 Å². The fourth-order valence-electron chi connectivity index (χ4n) is 5.86. The number of carbonyl (C=O) groups excluding carboxylic acids is 2. The van der Waals surface area contributed by atoms with Crippen molar-refractivity contribution in [3.63, 3.8) is 0 Å². The molecule has 0 unspecified atom stereocenters. The second-order valence-corrected chi connectivity index (χ2v) is 12.4. The number of amides is 3. The third-order valence-corrected chi connectivity index (χ3v) is 8.44. The van der Waals surface area contributed by atoms with Gasteiger partial charge in [-0.3, -0.25) is 4.79 Å². The van der Waals surface area contributed by atoms with Gasteiger partial charge < -0.3 is 35.0 Å². The molecule has 3 aromatic rings. The van der Waals surface area contributed by atoms with Crippen molar-refractivity contribution in [1.82, 2.24) is 9.80 Å². The van der Waals surface area contributed by atoms with Gasteiger partial charge in [-0.2, -0.15) is 0 Å². The highest BCUT2D eigenvalue weighted by Crippen LogP contribution is 2.29. The molecule has 1 aliphatic rings. The number of benzene rings is 3. The molecular weight excluding hydrogens is 568 g/mol. The Balaban J connectivity index is 1.62. The van der Waals surface area contributed by atoms with Gasteiger partial charge in [-0.1, -0.05) is 50.2 Å². The second-order valence-electron chi connectivity index (χ2n) is 12.4. The summed E-state index contributed by atoms with van der Waals surface area (Å²) in [5.74, 6) is 0.213. The van der Waals surface area contributed by atoms with Crippen molar-refractivity contribution in [2.24, 2.45) is 5.92 Å². The molecule has 45 heavy (non-hydrogen) atoms. The van der Waals surface area contributed by atoms with E-state index in [1.165, 1.54) is 0 Å². The highest BCUT2D eigenvalue weighted by Gasteiger charge is 2.30. The van der Waals surface area contributed by atoms with Crippen molar-refractivity contribution in [3.05, 3.63) is 66.2 Å². The summed E-state index contributed by atoms with van der Waals surface area (Å²) >= 11 is 0. The Morgan fingerprint density at radius 3 is 2.64 bits per heavy atom. The monoisotopic (exact) mass is 618 g/mol. The first-order chi connectivity index (χ1) is 21.7. The van der Waals surface area contributed by atoms with E-state index in [9.17, 15) is 14.7 Å². The van der Waals surface area contributed by atoms with E-state index >= 15 is 0 Å². The van der Waals surface area contributed by atoms with Gasteiger partial charge in [0.1, 0.15) is 5.75 Å². The number of fused-ring (bicyclic) bond motifs is 2. The van der Waals surface area contributed by atoms with Gasteiger partial charge in [0.15, 0.2) is 0 Å². The molecule has 4 rings (SSSR count). The largest absolute Gasteiger partial charge is 0.490 e. The quantitative estimate of drug-likeness (QED) is 0.262. The Morgan fingerprint density at radius 2 is 1.87 bits per heavy atom. The van der Waals surface area contributed by atoms with Gasteiger partial charge in [-0.25, -0.2) is 4.79 Å². The number of aliphatic hydroxyl groups is 1. The number of rotatable bonds is 8. The molecule has 3 N–H and O–H groups in total. The lowest BCUT2D eigenvalue weighted by atomic mass is 10.0. The molecule has 244 valence electrons. The van der Waals surface area contributed by atoms with E-state index < -0.39 is 12.1 Å². The van der Waals surface area contributed by atoms with E-state index in [1.807, 2.05) is 56.3 Å². The minimum Gasteiger partial charge on any atom is -0.490 e. The highest BCUT2D eigenvalue weighted by atomic mass is 16.5. The average Bonchev–Trinajstić information content (AvgIpc) is 3.02. The third kappa shape index (κ3) is 9.42. The van der Waals surface area contributed by atoms with E-state index in [2.05, 4.69) is 36.4 Å². The van der Waals surface area contributed by atoms with E-state index in [0.717, 1.165) is 49.5 Å². The first kappa shape index (κ1) is 34.2. The van der Waals surface area contributed by atoms with Crippen molar-refractivity contribution < 1.29 is 24.2 Å². The predicted molar refractivity (Wildman–Crippen MR) is 181 cm³/mol. The minimum absolute atomic E-state index is 0.0151. The summed E-state index contributed by atoms with van der Waals surface area (Å²) in [6.07, 6.45) is 3.54. The van der Waals surface area contributed by atoms with Crippen molar-refractivity contribution in [3.8, 4) is 5.75 Å². The molecule has 3 amide bonds. The standard InChI is InChI=1S/C36H50N4O5/c1-6-19-39(5)23-34-25(2)22-40(26(3)24-41)35(42)31-21-29(17-18-33(31)45-27(4)12-9-10-20-44-34)37-36(43)38-32-16-11-14-28-13-7-8-15-30(28)32/h7-8,11,13-18,21,25-27,34,41H,6,9-10,12,19-20,22-24H2,1-5H3,(H2,37,38,43)/t25-,26+,27+,34-/m0/s1. The van der Waals surface area contributed by atoms with Crippen LogP contribution >= 0.6 is 0 Å². The average molecular weight is 619 g/mol. The molecule has 0 aromatic heterocycles. The number of aliphatic hydroxyl groups excluding tert-OH is 1. The lowest BCUT2D eigenvalue weighted by molar-refractivity contribution is -0.0167. The van der Waals surface area contributed by atoms with Crippen LogP contribution in [-0.2, 0) is 4.74 Å². The predicted octanol–water partition coefficient (Wildman–Crippen LogP) is 6.62. The summed E-state index contributed by atoms with van der Waals surface area (Å²) in [5.41, 5.74) is 1.50. The SMILES string of the molecule is CCCN(C)C[C@@H]1OCCCC[C@@H](C)Oc2ccc(NC(=O)Nc3cccc4ccccc34)cc2C(=O)N([C@H](C)CO)C[C@@H]1C. The molecule has 0 aliphatic carbocycles. The van der Waals surface area contributed by atoms with E-state index in [4.69, 9.17) is 9.47 Å². The second kappa shape index (κ2) is 16.6. The maximum Gasteiger partial charge on any atom is 0.323 e. The lowest BCUT2D eigenvalue weighted by Crippen LogP contribution is -2.47. The summed E-state index contributed by atoms with van der Waals surface area (Å²) in [7, 11) is 2.10. The number of carbonyl (C=O) groups is 2. The number of urea groups is 1. The Morgan fingerprint density at radius 1 is 1.09 bits per heavy atom. The molecule has 1 heterocycles. The van der Waals surface area contributed by atoms with Crippen molar-refractivity contribution >= 4 is 34.1 Å². The number of ether oxygens (including phenoxy) is 2. The molecule has 9 nitrogen and oxygen atoms in total. The third-order valence-electron chi connectivity index (χ3n) is 8.44. The maximum absolute atomic E-state index is 14.3. The molecule has 9 heteroatoms. The number of nitrogens with one attached hydrogen (secondary N) is 2. The zero-order chi connectivity index (χ0) is 32.3. The molecule has 4 atom stereocenters. The topological polar surface area (TPSA) is 103 Å². The minimum atomic E-state index is -0.432. The van der Waals surface area contributed by atoms with Crippen LogP contribution in [0.5, 0.6) is 5.75 Å². The van der Waals surface area contributed by atoms with Gasteiger partial charge in [0.25, 0.3) is 5.91 Å². The van der Waals surface area contributed by atoms with Gasteiger partial charge in [0.05, 0.1) is 36.1 Å². The summed E-state index contributed by atoms with van der Waals surface area (Å²) in [5, 5.41) is 18.0. The number of hydrogen-bond donors (Lipinski definition) is 3. The highest BCUT2D eigenvalue weighted by molar-refractivity contribution is 6.07. The first-order valence-electron chi connectivity index (χ1n) is 16.3. The molecule has 0 radical (unpaired) electrons. The van der Waals surface area contributed by atoms with Crippen LogP contribution in [0.1, 0.15) is 63.7 Å². The van der Waals surface area contributed by atoms with Crippen LogP contribution in [-0.4, -0.2) is 85.0 Å². The van der Waals surface area contributed by atoms with Crippen LogP contribution in [0.15, 0.2) is 60.7 Å². The van der Waals surface area contributed by atoms with Crippen LogP contribution in [0.3, 0.4) is 0 Å². The normalized spacial score (nSPS) is 20.6. The first-order valence-corrected chi connectivity index (χ1v) is 16.3. The molecule has 0 saturated heterocycles. The lowest BCUT2D eigenvalue weighted by Gasteiger charge is -2.35. The summed E-state index contributed by atoms with van der Waals surface area (Å²) < 4.78 is 12.7. The molecule has 3 aromatic carbocycles. The number of anilines is 2. The fourth-order valence-corrected chi connectivity index (χ4v) is 5.86. The van der Waals surface area contributed by atoms with Gasteiger partial charge in [-0.15, -0.1) is 0 Å². The van der Waals surface area contributed by atoms with Gasteiger partial charge >= 0.3 is 6.03 Å². The van der Waals surface area contributed by atoms with Crippen LogP contribution in [0, 0.1) is 5.92 Å². The Labute approximate surface area is 267 Å². The molecule has 0 spiro atoms. The van der Waals surface area contributed by atoms with Gasteiger partial charge in [0, 0.05) is 36.7 Å². The van der Waals surface area contributed by atoms with Crippen molar-refractivity contribution in [1.29, 1.82) is 0 Å². The van der Waals surface area contributed by atoms with E-state index in [0.29, 0.717) is 35.8 Å². The number of hydrogen-bond acceptors (Lipinski definition) is 6. The fraction of sp³-hybridized carbons (Fsp3) is 0.500. The zero-order valence-electron chi connectivity index (χ0n) is 27.4. The maximum atomic E-state index is 14.3. The summed E-state index contributed by atoms with van der Waals surface area (Å²) in [6.45, 7) is 10.7.